The minimum atomic E-state index is -1.21. The Labute approximate surface area is 189 Å². The molecule has 0 bridgehead atoms. The zero-order valence-corrected chi connectivity index (χ0v) is 18.8. The lowest BCUT2D eigenvalue weighted by molar-refractivity contribution is -0.142. The van der Waals surface area contributed by atoms with Gasteiger partial charge in [0, 0.05) is 35.8 Å². The van der Waals surface area contributed by atoms with Crippen molar-refractivity contribution < 1.29 is 23.7 Å². The number of carboxylic acid groups (broad SMARTS) is 1. The molecule has 12 heteroatoms. The highest BCUT2D eigenvalue weighted by Gasteiger charge is 2.28. The number of carbonyl (C=O) groups excluding carboxylic acids is 2. The smallest absolute Gasteiger partial charge is 0.326 e. The molecule has 1 unspecified atom stereocenters. The average molecular weight is 469 g/mol. The first-order chi connectivity index (χ1) is 15.1. The van der Waals surface area contributed by atoms with Gasteiger partial charge in [-0.2, -0.15) is 0 Å². The molecule has 2 amide bonds. The summed E-state index contributed by atoms with van der Waals surface area (Å²) in [4.78, 5) is 40.7. The molecule has 1 rings (SSSR count). The quantitative estimate of drug-likeness (QED) is 0.107. The molecule has 0 saturated carbocycles. The van der Waals surface area contributed by atoms with Crippen LogP contribution >= 0.6 is 0 Å². The van der Waals surface area contributed by atoms with Crippen LogP contribution in [-0.4, -0.2) is 69.7 Å². The van der Waals surface area contributed by atoms with E-state index in [1.54, 1.807) is 30.3 Å². The fourth-order valence-electron chi connectivity index (χ4n) is 2.80. The Balaban J connectivity index is 2.78. The van der Waals surface area contributed by atoms with Gasteiger partial charge in [-0.1, -0.05) is 30.3 Å². The Morgan fingerprint density at radius 1 is 1.06 bits per heavy atom. The van der Waals surface area contributed by atoms with E-state index in [2.05, 4.69) is 15.6 Å². The number of benzene rings is 1. The van der Waals surface area contributed by atoms with Crippen LogP contribution in [0.1, 0.15) is 24.8 Å². The van der Waals surface area contributed by atoms with Crippen LogP contribution in [0, 0.1) is 0 Å². The third-order valence-corrected chi connectivity index (χ3v) is 5.34. The maximum Gasteiger partial charge on any atom is 0.326 e. The van der Waals surface area contributed by atoms with Gasteiger partial charge in [-0.05, 0) is 24.8 Å². The summed E-state index contributed by atoms with van der Waals surface area (Å²) in [6, 6.07) is 5.67. The standard InChI is InChI=1S/C20H32N6O5S/c1-32(31)11-9-15(25-17(27)14(21)8-5-10-24-20(22)23)18(28)26-16(19(29)30)12-13-6-3-2-4-7-13/h2-4,6-7,14-16H,5,8-12,21H2,1H3,(H,25,27)(H,26,28)(H,29,30)(H4,22,23,24)/t14-,15-,16-,32?/m0/s1. The largest absolute Gasteiger partial charge is 0.480 e. The molecule has 178 valence electrons. The number of aliphatic imine (C=N–C) groups is 1. The van der Waals surface area contributed by atoms with Crippen LogP contribution in [0.3, 0.4) is 0 Å². The van der Waals surface area contributed by atoms with Crippen LogP contribution in [0.5, 0.6) is 0 Å². The molecule has 0 radical (unpaired) electrons. The lowest BCUT2D eigenvalue weighted by atomic mass is 10.0. The van der Waals surface area contributed by atoms with E-state index in [-0.39, 0.29) is 31.0 Å². The van der Waals surface area contributed by atoms with Gasteiger partial charge in [0.2, 0.25) is 11.8 Å². The zero-order valence-electron chi connectivity index (χ0n) is 18.0. The number of nitrogens with two attached hydrogens (primary N) is 3. The SMILES string of the molecule is CS(=O)CC[C@H](NC(=O)[C@@H](N)CCCN=C(N)N)C(=O)N[C@@H](Cc1ccccc1)C(=O)O. The molecular formula is C20H32N6O5S. The van der Waals surface area contributed by atoms with Gasteiger partial charge < -0.3 is 32.9 Å². The highest BCUT2D eigenvalue weighted by atomic mass is 32.2. The summed E-state index contributed by atoms with van der Waals surface area (Å²) >= 11 is 0. The highest BCUT2D eigenvalue weighted by molar-refractivity contribution is 7.84. The second-order valence-electron chi connectivity index (χ2n) is 7.27. The highest BCUT2D eigenvalue weighted by Crippen LogP contribution is 2.05. The monoisotopic (exact) mass is 468 g/mol. The molecule has 0 fully saturated rings. The van der Waals surface area contributed by atoms with Crippen LogP contribution in [-0.2, 0) is 31.6 Å². The molecule has 0 spiro atoms. The van der Waals surface area contributed by atoms with E-state index in [0.29, 0.717) is 13.0 Å². The normalized spacial score (nSPS) is 14.4. The minimum absolute atomic E-state index is 0.0594. The molecule has 1 aromatic carbocycles. The van der Waals surface area contributed by atoms with Gasteiger partial charge in [-0.3, -0.25) is 18.8 Å². The molecule has 0 aliphatic rings. The van der Waals surface area contributed by atoms with E-state index in [1.165, 1.54) is 6.26 Å². The van der Waals surface area contributed by atoms with Gasteiger partial charge >= 0.3 is 5.97 Å². The molecule has 0 aliphatic carbocycles. The van der Waals surface area contributed by atoms with E-state index in [9.17, 15) is 23.7 Å². The van der Waals surface area contributed by atoms with Crippen LogP contribution in [0.25, 0.3) is 0 Å². The summed E-state index contributed by atoms with van der Waals surface area (Å²) in [5.74, 6) is -2.38. The number of nitrogens with zero attached hydrogens (tertiary/aromatic N) is 1. The number of amides is 2. The van der Waals surface area contributed by atoms with Crippen molar-refractivity contribution in [3.63, 3.8) is 0 Å². The molecule has 11 nitrogen and oxygen atoms in total. The number of nitrogens with one attached hydrogen (secondary N) is 2. The van der Waals surface area contributed by atoms with Gasteiger partial charge in [0.05, 0.1) is 6.04 Å². The predicted octanol–water partition coefficient (Wildman–Crippen LogP) is -1.57. The molecule has 32 heavy (non-hydrogen) atoms. The van der Waals surface area contributed by atoms with E-state index in [4.69, 9.17) is 17.2 Å². The maximum absolute atomic E-state index is 12.8. The molecule has 0 heterocycles. The van der Waals surface area contributed by atoms with E-state index >= 15 is 0 Å². The van der Waals surface area contributed by atoms with Gasteiger partial charge in [0.1, 0.15) is 12.1 Å². The first-order valence-corrected chi connectivity index (χ1v) is 11.8. The summed E-state index contributed by atoms with van der Waals surface area (Å²) in [6.45, 7) is 0.307. The fraction of sp³-hybridized carbons (Fsp3) is 0.500. The predicted molar refractivity (Wildman–Crippen MR) is 123 cm³/mol. The van der Waals surface area contributed by atoms with Crippen LogP contribution in [0.4, 0.5) is 0 Å². The zero-order chi connectivity index (χ0) is 24.1. The number of rotatable bonds is 14. The number of carbonyl (C=O) groups is 3. The van der Waals surface area contributed by atoms with E-state index in [0.717, 1.165) is 5.56 Å². The summed E-state index contributed by atoms with van der Waals surface area (Å²) in [7, 11) is -1.21. The Morgan fingerprint density at radius 3 is 2.25 bits per heavy atom. The fourth-order valence-corrected chi connectivity index (χ4v) is 3.37. The van der Waals surface area contributed by atoms with Crippen molar-refractivity contribution in [3.8, 4) is 0 Å². The first kappa shape index (κ1) is 27.0. The van der Waals surface area contributed by atoms with Crippen molar-refractivity contribution >= 4 is 34.5 Å². The van der Waals surface area contributed by atoms with Gasteiger partial charge in [-0.15, -0.1) is 0 Å². The molecule has 0 aliphatic heterocycles. The van der Waals surface area contributed by atoms with Gasteiger partial charge in [0.25, 0.3) is 0 Å². The molecular weight excluding hydrogens is 436 g/mol. The lowest BCUT2D eigenvalue weighted by Crippen LogP contribution is -2.55. The van der Waals surface area contributed by atoms with Crippen molar-refractivity contribution in [3.05, 3.63) is 35.9 Å². The van der Waals surface area contributed by atoms with E-state index < -0.39 is 46.7 Å². The van der Waals surface area contributed by atoms with E-state index in [1.807, 2.05) is 0 Å². The average Bonchev–Trinajstić information content (AvgIpc) is 2.73. The third-order valence-electron chi connectivity index (χ3n) is 4.53. The summed E-state index contributed by atoms with van der Waals surface area (Å²) in [5.41, 5.74) is 17.1. The Kier molecular flexibility index (Phi) is 12.0. The summed E-state index contributed by atoms with van der Waals surface area (Å²) < 4.78 is 11.5. The molecule has 9 N–H and O–H groups in total. The number of hydrogen-bond donors (Lipinski definition) is 6. The number of guanidine groups is 1. The molecule has 4 atom stereocenters. The van der Waals surface area contributed by atoms with Crippen molar-refractivity contribution in [2.75, 3.05) is 18.6 Å². The summed E-state index contributed by atoms with van der Waals surface area (Å²) in [5, 5.41) is 14.5. The minimum Gasteiger partial charge on any atom is -0.480 e. The molecule has 0 saturated heterocycles. The Hall–Kier alpha value is -2.99. The first-order valence-electron chi connectivity index (χ1n) is 10.1. The number of carboxylic acids is 1. The second-order valence-corrected chi connectivity index (χ2v) is 8.83. The van der Waals surface area contributed by atoms with Gasteiger partial charge in [-0.25, -0.2) is 4.79 Å². The van der Waals surface area contributed by atoms with Crippen molar-refractivity contribution in [1.82, 2.24) is 10.6 Å². The van der Waals surface area contributed by atoms with Crippen molar-refractivity contribution in [2.45, 2.75) is 43.8 Å². The van der Waals surface area contributed by atoms with Crippen LogP contribution < -0.4 is 27.8 Å². The third kappa shape index (κ3) is 10.9. The Morgan fingerprint density at radius 2 is 1.69 bits per heavy atom. The van der Waals surface area contributed by atoms with Crippen molar-refractivity contribution in [2.24, 2.45) is 22.2 Å². The molecule has 0 aromatic heterocycles. The summed E-state index contributed by atoms with van der Waals surface area (Å²) in [6.07, 6.45) is 2.36. The lowest BCUT2D eigenvalue weighted by Gasteiger charge is -2.23. The Bertz CT molecular complexity index is 816. The van der Waals surface area contributed by atoms with Gasteiger partial charge in [0.15, 0.2) is 5.96 Å². The van der Waals surface area contributed by atoms with Crippen molar-refractivity contribution in [1.29, 1.82) is 0 Å². The number of hydrogen-bond acceptors (Lipinski definition) is 6. The molecule has 1 aromatic rings. The maximum atomic E-state index is 12.8. The number of aliphatic carboxylic acids is 1. The van der Waals surface area contributed by atoms with Crippen LogP contribution in [0.15, 0.2) is 35.3 Å². The second kappa shape index (κ2) is 14.1. The van der Waals surface area contributed by atoms with Crippen LogP contribution in [0.2, 0.25) is 0 Å². The topological polar surface area (TPSA) is 203 Å².